The fourth-order valence-corrected chi connectivity index (χ4v) is 1.37. The Kier molecular flexibility index (Phi) is 5.36. The fourth-order valence-electron chi connectivity index (χ4n) is 1.37. The van der Waals surface area contributed by atoms with E-state index in [4.69, 9.17) is 15.6 Å². The van der Waals surface area contributed by atoms with Crippen molar-refractivity contribution in [1.29, 1.82) is 0 Å². The Balaban J connectivity index is 2.35. The van der Waals surface area contributed by atoms with Gasteiger partial charge in [0.05, 0.1) is 6.61 Å². The quantitative estimate of drug-likeness (QED) is 0.686. The second-order valence-corrected chi connectivity index (χ2v) is 3.53. The van der Waals surface area contributed by atoms with E-state index in [1.165, 1.54) is 0 Å². The molecule has 0 aliphatic heterocycles. The van der Waals surface area contributed by atoms with Crippen molar-refractivity contribution in [3.05, 3.63) is 29.8 Å². The first kappa shape index (κ1) is 12.5. The van der Waals surface area contributed by atoms with Crippen molar-refractivity contribution in [2.75, 3.05) is 13.2 Å². The monoisotopic (exact) mass is 223 g/mol. The average molecular weight is 223 g/mol. The van der Waals surface area contributed by atoms with Crippen molar-refractivity contribution in [1.82, 2.24) is 0 Å². The van der Waals surface area contributed by atoms with Crippen LogP contribution in [0.2, 0.25) is 0 Å². The third-order valence-corrected chi connectivity index (χ3v) is 2.14. The molecule has 0 unspecified atom stereocenters. The Labute approximate surface area is 95.0 Å². The smallest absolute Gasteiger partial charge is 0.303 e. The number of carboxylic acid groups (broad SMARTS) is 1. The van der Waals surface area contributed by atoms with Crippen LogP contribution < -0.4 is 10.5 Å². The average Bonchev–Trinajstić information content (AvgIpc) is 2.25. The van der Waals surface area contributed by atoms with Gasteiger partial charge in [-0.05, 0) is 37.1 Å². The minimum atomic E-state index is -0.791. The van der Waals surface area contributed by atoms with Crippen LogP contribution in [0.5, 0.6) is 5.75 Å². The van der Waals surface area contributed by atoms with E-state index in [1.54, 1.807) is 0 Å². The molecule has 1 aromatic rings. The molecule has 4 nitrogen and oxygen atoms in total. The van der Waals surface area contributed by atoms with Crippen LogP contribution in [-0.2, 0) is 11.2 Å². The zero-order valence-corrected chi connectivity index (χ0v) is 9.19. The summed E-state index contributed by atoms with van der Waals surface area (Å²) < 4.78 is 5.44. The number of hydrogen-bond donors (Lipinski definition) is 2. The second kappa shape index (κ2) is 6.85. The van der Waals surface area contributed by atoms with E-state index in [-0.39, 0.29) is 6.42 Å². The second-order valence-electron chi connectivity index (χ2n) is 3.53. The van der Waals surface area contributed by atoms with Crippen LogP contribution in [0.15, 0.2) is 24.3 Å². The molecule has 1 aromatic carbocycles. The molecule has 0 saturated heterocycles. The Hall–Kier alpha value is -1.55. The summed E-state index contributed by atoms with van der Waals surface area (Å²) >= 11 is 0. The molecule has 0 radical (unpaired) electrons. The predicted octanol–water partition coefficient (Wildman–Crippen LogP) is 1.43. The first-order chi connectivity index (χ1) is 7.72. The maximum atomic E-state index is 10.3. The molecule has 1 rings (SSSR count). The molecule has 0 fully saturated rings. The molecule has 0 heterocycles. The van der Waals surface area contributed by atoms with Gasteiger partial charge >= 0.3 is 5.97 Å². The lowest BCUT2D eigenvalue weighted by Crippen LogP contribution is -2.04. The Morgan fingerprint density at radius 3 is 2.94 bits per heavy atom. The Morgan fingerprint density at radius 2 is 2.25 bits per heavy atom. The third-order valence-electron chi connectivity index (χ3n) is 2.14. The maximum absolute atomic E-state index is 10.3. The topological polar surface area (TPSA) is 72.5 Å². The first-order valence-electron chi connectivity index (χ1n) is 5.36. The van der Waals surface area contributed by atoms with Crippen LogP contribution in [0.4, 0.5) is 0 Å². The number of nitrogens with two attached hydrogens (primary N) is 1. The molecule has 4 heteroatoms. The van der Waals surface area contributed by atoms with Crippen molar-refractivity contribution in [2.24, 2.45) is 5.73 Å². The summed E-state index contributed by atoms with van der Waals surface area (Å²) in [5.74, 6) is -0.0168. The first-order valence-corrected chi connectivity index (χ1v) is 5.36. The number of rotatable bonds is 7. The van der Waals surface area contributed by atoms with Gasteiger partial charge in [-0.3, -0.25) is 4.79 Å². The molecule has 0 saturated carbocycles. The summed E-state index contributed by atoms with van der Waals surface area (Å²) in [7, 11) is 0. The molecular weight excluding hydrogens is 206 g/mol. The van der Waals surface area contributed by atoms with Gasteiger partial charge in [-0.1, -0.05) is 12.1 Å². The van der Waals surface area contributed by atoms with Crippen LogP contribution in [-0.4, -0.2) is 24.2 Å². The molecular formula is C12H17NO3. The number of hydrogen-bond acceptors (Lipinski definition) is 3. The maximum Gasteiger partial charge on any atom is 0.303 e. The largest absolute Gasteiger partial charge is 0.494 e. The summed E-state index contributed by atoms with van der Waals surface area (Å²) in [5, 5.41) is 8.46. The molecule has 0 aliphatic rings. The minimum Gasteiger partial charge on any atom is -0.494 e. The van der Waals surface area contributed by atoms with Gasteiger partial charge in [0.15, 0.2) is 0 Å². The van der Waals surface area contributed by atoms with Crippen LogP contribution >= 0.6 is 0 Å². The van der Waals surface area contributed by atoms with Crippen molar-refractivity contribution in [2.45, 2.75) is 19.3 Å². The number of aliphatic carboxylic acids is 1. The molecule has 0 atom stereocenters. The molecule has 0 amide bonds. The highest BCUT2D eigenvalue weighted by Gasteiger charge is 1.99. The van der Waals surface area contributed by atoms with E-state index < -0.39 is 5.97 Å². The lowest BCUT2D eigenvalue weighted by molar-refractivity contribution is -0.137. The SMILES string of the molecule is NCCc1cccc(OCCCC(=O)O)c1. The highest BCUT2D eigenvalue weighted by atomic mass is 16.5. The predicted molar refractivity (Wildman–Crippen MR) is 61.6 cm³/mol. The van der Waals surface area contributed by atoms with Gasteiger partial charge in [0.25, 0.3) is 0 Å². The Morgan fingerprint density at radius 1 is 1.44 bits per heavy atom. The fraction of sp³-hybridized carbons (Fsp3) is 0.417. The van der Waals surface area contributed by atoms with E-state index in [1.807, 2.05) is 24.3 Å². The molecule has 88 valence electrons. The lowest BCUT2D eigenvalue weighted by atomic mass is 10.1. The summed E-state index contributed by atoms with van der Waals surface area (Å²) in [6, 6.07) is 7.71. The molecule has 0 bridgehead atoms. The van der Waals surface area contributed by atoms with Crippen LogP contribution in [0.1, 0.15) is 18.4 Å². The van der Waals surface area contributed by atoms with E-state index in [0.29, 0.717) is 19.6 Å². The zero-order valence-electron chi connectivity index (χ0n) is 9.19. The van der Waals surface area contributed by atoms with Gasteiger partial charge < -0.3 is 15.6 Å². The number of benzene rings is 1. The summed E-state index contributed by atoms with van der Waals surface area (Å²) in [4.78, 5) is 10.3. The number of carboxylic acids is 1. The van der Waals surface area contributed by atoms with Gasteiger partial charge in [0.1, 0.15) is 5.75 Å². The van der Waals surface area contributed by atoms with Crippen molar-refractivity contribution in [3.63, 3.8) is 0 Å². The van der Waals surface area contributed by atoms with E-state index in [0.717, 1.165) is 17.7 Å². The number of ether oxygens (including phenoxy) is 1. The van der Waals surface area contributed by atoms with Crippen molar-refractivity contribution >= 4 is 5.97 Å². The van der Waals surface area contributed by atoms with E-state index in [9.17, 15) is 4.79 Å². The molecule has 16 heavy (non-hydrogen) atoms. The zero-order chi connectivity index (χ0) is 11.8. The van der Waals surface area contributed by atoms with E-state index in [2.05, 4.69) is 0 Å². The van der Waals surface area contributed by atoms with Gasteiger partial charge in [0.2, 0.25) is 0 Å². The molecule has 3 N–H and O–H groups in total. The van der Waals surface area contributed by atoms with Gasteiger partial charge in [-0.2, -0.15) is 0 Å². The number of carbonyl (C=O) groups is 1. The van der Waals surface area contributed by atoms with Crippen molar-refractivity contribution in [3.8, 4) is 5.75 Å². The third kappa shape index (κ3) is 4.79. The van der Waals surface area contributed by atoms with Gasteiger partial charge in [0, 0.05) is 6.42 Å². The summed E-state index contributed by atoms with van der Waals surface area (Å²) in [6.45, 7) is 1.04. The van der Waals surface area contributed by atoms with E-state index >= 15 is 0 Å². The van der Waals surface area contributed by atoms with Gasteiger partial charge in [-0.15, -0.1) is 0 Å². The van der Waals surface area contributed by atoms with Crippen LogP contribution in [0, 0.1) is 0 Å². The summed E-state index contributed by atoms with van der Waals surface area (Å²) in [6.07, 6.45) is 1.49. The van der Waals surface area contributed by atoms with Crippen LogP contribution in [0.25, 0.3) is 0 Å². The highest BCUT2D eigenvalue weighted by molar-refractivity contribution is 5.66. The minimum absolute atomic E-state index is 0.141. The van der Waals surface area contributed by atoms with Gasteiger partial charge in [-0.25, -0.2) is 0 Å². The molecule has 0 aliphatic carbocycles. The molecule has 0 spiro atoms. The molecule has 0 aromatic heterocycles. The lowest BCUT2D eigenvalue weighted by Gasteiger charge is -2.06. The Bertz CT molecular complexity index is 339. The van der Waals surface area contributed by atoms with Crippen molar-refractivity contribution < 1.29 is 14.6 Å². The normalized spacial score (nSPS) is 10.1. The standard InChI is InChI=1S/C12H17NO3/c13-7-6-10-3-1-4-11(9-10)16-8-2-5-12(14)15/h1,3-4,9H,2,5-8,13H2,(H,14,15). The highest BCUT2D eigenvalue weighted by Crippen LogP contribution is 2.13. The van der Waals surface area contributed by atoms with Crippen LogP contribution in [0.3, 0.4) is 0 Å². The summed E-state index contributed by atoms with van der Waals surface area (Å²) in [5.41, 5.74) is 6.60.